The minimum absolute atomic E-state index is 0.0701. The van der Waals surface area contributed by atoms with E-state index in [9.17, 15) is 14.0 Å². The van der Waals surface area contributed by atoms with E-state index >= 15 is 0 Å². The van der Waals surface area contributed by atoms with Gasteiger partial charge in [0.1, 0.15) is 0 Å². The van der Waals surface area contributed by atoms with Gasteiger partial charge >= 0.3 is 5.97 Å². The second-order valence-corrected chi connectivity index (χ2v) is 4.82. The summed E-state index contributed by atoms with van der Waals surface area (Å²) < 4.78 is 18.4. The van der Waals surface area contributed by atoms with Gasteiger partial charge in [0, 0.05) is 26.4 Å². The Morgan fingerprint density at radius 3 is 2.52 bits per heavy atom. The summed E-state index contributed by atoms with van der Waals surface area (Å²) >= 11 is 0. The fourth-order valence-electron chi connectivity index (χ4n) is 1.91. The van der Waals surface area contributed by atoms with Crippen LogP contribution in [0.5, 0.6) is 5.75 Å². The first-order valence-corrected chi connectivity index (χ1v) is 6.72. The van der Waals surface area contributed by atoms with E-state index in [0.29, 0.717) is 31.4 Å². The van der Waals surface area contributed by atoms with Crippen molar-refractivity contribution in [2.45, 2.75) is 32.2 Å². The largest absolute Gasteiger partial charge is 0.494 e. The van der Waals surface area contributed by atoms with E-state index < -0.39 is 11.8 Å². The molecule has 1 rings (SSSR count). The molecule has 0 heterocycles. The number of methoxy groups -OCH3 is 1. The molecule has 0 aliphatic carbocycles. The molecule has 116 valence electrons. The van der Waals surface area contributed by atoms with Crippen molar-refractivity contribution in [2.24, 2.45) is 0 Å². The van der Waals surface area contributed by atoms with E-state index in [-0.39, 0.29) is 18.1 Å². The number of nitrogens with zero attached hydrogens (tertiary/aromatic N) is 1. The highest BCUT2D eigenvalue weighted by atomic mass is 19.1. The number of unbranched alkanes of at least 4 members (excludes halogenated alkanes) is 1. The van der Waals surface area contributed by atoms with Crippen LogP contribution in [0, 0.1) is 5.82 Å². The molecule has 0 saturated carbocycles. The Hall–Kier alpha value is -2.11. The molecule has 0 aliphatic heterocycles. The van der Waals surface area contributed by atoms with Gasteiger partial charge in [-0.05, 0) is 30.5 Å². The topological polar surface area (TPSA) is 66.8 Å². The summed E-state index contributed by atoms with van der Waals surface area (Å²) in [6, 6.07) is 4.57. The molecule has 1 amide bonds. The molecule has 21 heavy (non-hydrogen) atoms. The first-order chi connectivity index (χ1) is 9.93. The second-order valence-electron chi connectivity index (χ2n) is 4.82. The fourth-order valence-corrected chi connectivity index (χ4v) is 1.91. The maximum atomic E-state index is 13.5. The van der Waals surface area contributed by atoms with Crippen molar-refractivity contribution in [2.75, 3.05) is 14.2 Å². The van der Waals surface area contributed by atoms with Crippen LogP contribution in [0.15, 0.2) is 18.2 Å². The van der Waals surface area contributed by atoms with E-state index in [0.717, 1.165) is 0 Å². The molecule has 5 nitrogen and oxygen atoms in total. The SMILES string of the molecule is COc1ccc(CN(C)C(=O)CCCCC(=O)O)cc1F. The van der Waals surface area contributed by atoms with Crippen LogP contribution < -0.4 is 4.74 Å². The number of hydrogen-bond donors (Lipinski definition) is 1. The standard InChI is InChI=1S/C15H20FNO4/c1-17(14(18)5-3-4-6-15(19)20)10-11-7-8-13(21-2)12(16)9-11/h7-9H,3-6,10H2,1-2H3,(H,19,20). The Morgan fingerprint density at radius 1 is 1.29 bits per heavy atom. The number of rotatable bonds is 8. The van der Waals surface area contributed by atoms with Crippen LogP contribution in [0.3, 0.4) is 0 Å². The van der Waals surface area contributed by atoms with Crippen LogP contribution in [0.4, 0.5) is 4.39 Å². The van der Waals surface area contributed by atoms with E-state index in [2.05, 4.69) is 0 Å². The third kappa shape index (κ3) is 5.81. The lowest BCUT2D eigenvalue weighted by molar-refractivity contribution is -0.137. The molecule has 0 saturated heterocycles. The third-order valence-corrected chi connectivity index (χ3v) is 3.09. The number of aliphatic carboxylic acids is 1. The lowest BCUT2D eigenvalue weighted by Gasteiger charge is -2.17. The molecule has 0 aromatic heterocycles. The smallest absolute Gasteiger partial charge is 0.303 e. The molecule has 0 unspecified atom stereocenters. The number of amides is 1. The van der Waals surface area contributed by atoms with Crippen molar-refractivity contribution in [1.82, 2.24) is 4.90 Å². The van der Waals surface area contributed by atoms with Crippen LogP contribution in [0.2, 0.25) is 0 Å². The van der Waals surface area contributed by atoms with Gasteiger partial charge in [-0.25, -0.2) is 4.39 Å². The molecule has 0 fully saturated rings. The highest BCUT2D eigenvalue weighted by molar-refractivity contribution is 5.75. The zero-order chi connectivity index (χ0) is 15.8. The maximum Gasteiger partial charge on any atom is 0.303 e. The normalized spacial score (nSPS) is 10.2. The number of halogens is 1. The Labute approximate surface area is 123 Å². The van der Waals surface area contributed by atoms with E-state index in [1.165, 1.54) is 24.1 Å². The van der Waals surface area contributed by atoms with E-state index in [1.54, 1.807) is 13.1 Å². The molecule has 6 heteroatoms. The monoisotopic (exact) mass is 297 g/mol. The number of carbonyl (C=O) groups is 2. The highest BCUT2D eigenvalue weighted by Crippen LogP contribution is 2.18. The molecule has 0 spiro atoms. The number of hydrogen-bond acceptors (Lipinski definition) is 3. The summed E-state index contributed by atoms with van der Waals surface area (Å²) in [6.07, 6.45) is 1.38. The van der Waals surface area contributed by atoms with Gasteiger partial charge in [-0.1, -0.05) is 6.07 Å². The number of carboxylic acids is 1. The second kappa shape index (κ2) is 8.24. The summed E-state index contributed by atoms with van der Waals surface area (Å²) in [5.41, 5.74) is 0.676. The minimum Gasteiger partial charge on any atom is -0.494 e. The van der Waals surface area contributed by atoms with Crippen molar-refractivity contribution >= 4 is 11.9 Å². The zero-order valence-electron chi connectivity index (χ0n) is 12.3. The van der Waals surface area contributed by atoms with Crippen LogP contribution >= 0.6 is 0 Å². The molecule has 0 aliphatic rings. The third-order valence-electron chi connectivity index (χ3n) is 3.09. The molecule has 0 bridgehead atoms. The lowest BCUT2D eigenvalue weighted by Crippen LogP contribution is -2.25. The van der Waals surface area contributed by atoms with Gasteiger partial charge in [0.05, 0.1) is 7.11 Å². The molecule has 0 radical (unpaired) electrons. The predicted octanol–water partition coefficient (Wildman–Crippen LogP) is 2.44. The van der Waals surface area contributed by atoms with Crippen molar-refractivity contribution in [3.63, 3.8) is 0 Å². The lowest BCUT2D eigenvalue weighted by atomic mass is 10.1. The van der Waals surface area contributed by atoms with Gasteiger partial charge < -0.3 is 14.7 Å². The van der Waals surface area contributed by atoms with Crippen LogP contribution in [-0.4, -0.2) is 36.0 Å². The van der Waals surface area contributed by atoms with Gasteiger partial charge in [-0.3, -0.25) is 9.59 Å². The minimum atomic E-state index is -0.857. The Kier molecular flexibility index (Phi) is 6.65. The van der Waals surface area contributed by atoms with Crippen molar-refractivity contribution in [1.29, 1.82) is 0 Å². The molecule has 1 N–H and O–H groups in total. The van der Waals surface area contributed by atoms with E-state index in [4.69, 9.17) is 9.84 Å². The highest BCUT2D eigenvalue weighted by Gasteiger charge is 2.11. The molecule has 0 atom stereocenters. The van der Waals surface area contributed by atoms with E-state index in [1.807, 2.05) is 0 Å². The Bertz CT molecular complexity index is 504. The van der Waals surface area contributed by atoms with Crippen molar-refractivity contribution in [3.8, 4) is 5.75 Å². The zero-order valence-corrected chi connectivity index (χ0v) is 12.3. The molecular weight excluding hydrogens is 277 g/mol. The van der Waals surface area contributed by atoms with Crippen LogP contribution in [0.1, 0.15) is 31.2 Å². The summed E-state index contributed by atoms with van der Waals surface area (Å²) in [6.45, 7) is 0.304. The summed E-state index contributed by atoms with van der Waals surface area (Å²) in [5.74, 6) is -1.24. The van der Waals surface area contributed by atoms with Gasteiger partial charge in [0.15, 0.2) is 11.6 Å². The Morgan fingerprint density at radius 2 is 1.95 bits per heavy atom. The first kappa shape index (κ1) is 16.9. The molecular formula is C15H20FNO4. The number of benzene rings is 1. The molecule has 1 aromatic carbocycles. The number of ether oxygens (including phenoxy) is 1. The van der Waals surface area contributed by atoms with Crippen molar-refractivity contribution < 1.29 is 23.8 Å². The summed E-state index contributed by atoms with van der Waals surface area (Å²) in [7, 11) is 3.03. The number of carbonyl (C=O) groups excluding carboxylic acids is 1. The van der Waals surface area contributed by atoms with Gasteiger partial charge in [0.2, 0.25) is 5.91 Å². The van der Waals surface area contributed by atoms with Gasteiger partial charge in [-0.2, -0.15) is 0 Å². The fraction of sp³-hybridized carbons (Fsp3) is 0.467. The summed E-state index contributed by atoms with van der Waals surface area (Å²) in [5, 5.41) is 8.51. The summed E-state index contributed by atoms with van der Waals surface area (Å²) in [4.78, 5) is 23.7. The number of carboxylic acid groups (broad SMARTS) is 1. The van der Waals surface area contributed by atoms with Gasteiger partial charge in [-0.15, -0.1) is 0 Å². The molecule has 1 aromatic rings. The maximum absolute atomic E-state index is 13.5. The van der Waals surface area contributed by atoms with Crippen LogP contribution in [0.25, 0.3) is 0 Å². The van der Waals surface area contributed by atoms with Crippen LogP contribution in [-0.2, 0) is 16.1 Å². The average molecular weight is 297 g/mol. The Balaban J connectivity index is 2.44. The quantitative estimate of drug-likeness (QED) is 0.748. The average Bonchev–Trinajstić information content (AvgIpc) is 2.43. The van der Waals surface area contributed by atoms with Gasteiger partial charge in [0.25, 0.3) is 0 Å². The predicted molar refractivity (Wildman–Crippen MR) is 75.5 cm³/mol. The first-order valence-electron chi connectivity index (χ1n) is 6.72. The van der Waals surface area contributed by atoms with Crippen molar-refractivity contribution in [3.05, 3.63) is 29.6 Å².